The highest BCUT2D eigenvalue weighted by Crippen LogP contribution is 2.18. The molecule has 23 heavy (non-hydrogen) atoms. The van der Waals surface area contributed by atoms with Gasteiger partial charge in [-0.1, -0.05) is 5.16 Å². The van der Waals surface area contributed by atoms with Crippen LogP contribution in [0.2, 0.25) is 0 Å². The Morgan fingerprint density at radius 1 is 1.43 bits per heavy atom. The molecule has 6 heteroatoms. The van der Waals surface area contributed by atoms with Crippen molar-refractivity contribution in [1.82, 2.24) is 15.4 Å². The van der Waals surface area contributed by atoms with E-state index in [9.17, 15) is 4.79 Å². The van der Waals surface area contributed by atoms with Crippen LogP contribution in [-0.4, -0.2) is 35.1 Å². The Morgan fingerprint density at radius 3 is 2.83 bits per heavy atom. The zero-order valence-electron chi connectivity index (χ0n) is 13.7. The molecule has 1 aliphatic rings. The molecule has 2 aromatic heterocycles. The summed E-state index contributed by atoms with van der Waals surface area (Å²) in [5.74, 6) is 1.04. The highest BCUT2D eigenvalue weighted by molar-refractivity contribution is 7.07. The van der Waals surface area contributed by atoms with Crippen LogP contribution in [0.1, 0.15) is 35.4 Å². The Labute approximate surface area is 140 Å². The minimum absolute atomic E-state index is 0.132. The number of likely N-dealkylation sites (tertiary alicyclic amines) is 1. The number of aromatic nitrogens is 1. The number of amides is 1. The lowest BCUT2D eigenvalue weighted by molar-refractivity contribution is -0.121. The number of rotatable bonds is 5. The summed E-state index contributed by atoms with van der Waals surface area (Å²) in [4.78, 5) is 14.5. The highest BCUT2D eigenvalue weighted by Gasteiger charge is 2.22. The normalized spacial score (nSPS) is 16.6. The number of nitrogens with one attached hydrogen (secondary N) is 1. The molecule has 0 spiro atoms. The molecular formula is C17H23N3O2S. The van der Waals surface area contributed by atoms with Gasteiger partial charge in [-0.15, -0.1) is 0 Å². The molecule has 0 radical (unpaired) electrons. The Balaban J connectivity index is 1.44. The molecule has 0 bridgehead atoms. The van der Waals surface area contributed by atoms with Crippen molar-refractivity contribution in [3.63, 3.8) is 0 Å². The average Bonchev–Trinajstić information content (AvgIpc) is 3.14. The number of hydrogen-bond acceptors (Lipinski definition) is 5. The van der Waals surface area contributed by atoms with Crippen molar-refractivity contribution in [2.24, 2.45) is 0 Å². The van der Waals surface area contributed by atoms with E-state index in [1.54, 1.807) is 11.3 Å². The van der Waals surface area contributed by atoms with Crippen LogP contribution >= 0.6 is 11.3 Å². The third-order valence-electron chi connectivity index (χ3n) is 4.46. The first kappa shape index (κ1) is 16.2. The van der Waals surface area contributed by atoms with Crippen LogP contribution in [-0.2, 0) is 17.8 Å². The molecule has 0 atom stereocenters. The lowest BCUT2D eigenvalue weighted by Crippen LogP contribution is -2.44. The zero-order chi connectivity index (χ0) is 16.2. The van der Waals surface area contributed by atoms with E-state index in [4.69, 9.17) is 4.52 Å². The topological polar surface area (TPSA) is 58.4 Å². The predicted octanol–water partition coefficient (Wildman–Crippen LogP) is 2.68. The lowest BCUT2D eigenvalue weighted by Gasteiger charge is -2.32. The minimum atomic E-state index is 0.132. The summed E-state index contributed by atoms with van der Waals surface area (Å²) in [5.41, 5.74) is 3.28. The Kier molecular flexibility index (Phi) is 5.13. The maximum atomic E-state index is 12.1. The van der Waals surface area contributed by atoms with E-state index in [1.807, 2.05) is 30.7 Å². The standard InChI is InChI=1S/C17H23N3O2S/c1-12-16(13(2)22-19-12)10-20-6-3-15(4-7-20)18-17(21)9-14-5-8-23-11-14/h5,8,11,15H,3-4,6-7,9-10H2,1-2H3,(H,18,21). The van der Waals surface area contributed by atoms with Crippen molar-refractivity contribution in [2.75, 3.05) is 13.1 Å². The van der Waals surface area contributed by atoms with Gasteiger partial charge in [0.05, 0.1) is 12.1 Å². The molecule has 0 aromatic carbocycles. The van der Waals surface area contributed by atoms with Gasteiger partial charge in [0.25, 0.3) is 0 Å². The van der Waals surface area contributed by atoms with Gasteiger partial charge in [0.2, 0.25) is 5.91 Å². The molecule has 1 aliphatic heterocycles. The number of hydrogen-bond donors (Lipinski definition) is 1. The van der Waals surface area contributed by atoms with Gasteiger partial charge in [-0.2, -0.15) is 11.3 Å². The smallest absolute Gasteiger partial charge is 0.224 e. The summed E-state index contributed by atoms with van der Waals surface area (Å²) in [6.07, 6.45) is 2.49. The molecule has 3 heterocycles. The molecule has 2 aromatic rings. The van der Waals surface area contributed by atoms with E-state index < -0.39 is 0 Å². The van der Waals surface area contributed by atoms with Crippen molar-refractivity contribution in [3.8, 4) is 0 Å². The predicted molar refractivity (Wildman–Crippen MR) is 90.4 cm³/mol. The minimum Gasteiger partial charge on any atom is -0.361 e. The molecule has 1 amide bonds. The second kappa shape index (κ2) is 7.27. The van der Waals surface area contributed by atoms with Gasteiger partial charge in [-0.25, -0.2) is 0 Å². The Morgan fingerprint density at radius 2 is 2.22 bits per heavy atom. The van der Waals surface area contributed by atoms with E-state index >= 15 is 0 Å². The van der Waals surface area contributed by atoms with Gasteiger partial charge in [-0.3, -0.25) is 9.69 Å². The number of nitrogens with zero attached hydrogens (tertiary/aromatic N) is 2. The fourth-order valence-electron chi connectivity index (χ4n) is 3.04. The van der Waals surface area contributed by atoms with E-state index in [-0.39, 0.29) is 5.91 Å². The quantitative estimate of drug-likeness (QED) is 0.914. The van der Waals surface area contributed by atoms with Gasteiger partial charge < -0.3 is 9.84 Å². The monoisotopic (exact) mass is 333 g/mol. The molecule has 5 nitrogen and oxygen atoms in total. The second-order valence-electron chi connectivity index (χ2n) is 6.23. The number of carbonyl (C=O) groups is 1. The van der Waals surface area contributed by atoms with Crippen LogP contribution < -0.4 is 5.32 Å². The van der Waals surface area contributed by atoms with E-state index in [0.29, 0.717) is 12.5 Å². The third-order valence-corrected chi connectivity index (χ3v) is 5.19. The van der Waals surface area contributed by atoms with Gasteiger partial charge in [-0.05, 0) is 49.1 Å². The lowest BCUT2D eigenvalue weighted by atomic mass is 10.0. The number of thiophene rings is 1. The average molecular weight is 333 g/mol. The fourth-order valence-corrected chi connectivity index (χ4v) is 3.71. The van der Waals surface area contributed by atoms with E-state index in [1.165, 1.54) is 5.56 Å². The van der Waals surface area contributed by atoms with E-state index in [0.717, 1.165) is 49.5 Å². The highest BCUT2D eigenvalue weighted by atomic mass is 32.1. The Hall–Kier alpha value is -1.66. The molecule has 1 fully saturated rings. The molecular weight excluding hydrogens is 310 g/mol. The van der Waals surface area contributed by atoms with Crippen molar-refractivity contribution >= 4 is 17.2 Å². The molecule has 0 unspecified atom stereocenters. The first-order chi connectivity index (χ1) is 11.1. The molecule has 0 saturated carbocycles. The van der Waals surface area contributed by atoms with Gasteiger partial charge in [0.1, 0.15) is 5.76 Å². The zero-order valence-corrected chi connectivity index (χ0v) is 14.5. The second-order valence-corrected chi connectivity index (χ2v) is 7.01. The van der Waals surface area contributed by atoms with Crippen LogP contribution in [0.3, 0.4) is 0 Å². The van der Waals surface area contributed by atoms with Crippen molar-refractivity contribution in [1.29, 1.82) is 0 Å². The summed E-state index contributed by atoms with van der Waals surface area (Å²) in [6.45, 7) is 6.83. The SMILES string of the molecule is Cc1noc(C)c1CN1CCC(NC(=O)Cc2ccsc2)CC1. The molecule has 0 aliphatic carbocycles. The fraction of sp³-hybridized carbons (Fsp3) is 0.529. The van der Waals surface area contributed by atoms with Crippen LogP contribution in [0, 0.1) is 13.8 Å². The van der Waals surface area contributed by atoms with Crippen molar-refractivity contribution < 1.29 is 9.32 Å². The summed E-state index contributed by atoms with van der Waals surface area (Å²) >= 11 is 1.63. The first-order valence-electron chi connectivity index (χ1n) is 8.06. The molecule has 3 rings (SSSR count). The molecule has 1 saturated heterocycles. The van der Waals surface area contributed by atoms with Crippen LogP contribution in [0.5, 0.6) is 0 Å². The summed E-state index contributed by atoms with van der Waals surface area (Å²) in [5, 5.41) is 11.2. The Bertz CT molecular complexity index is 623. The summed E-state index contributed by atoms with van der Waals surface area (Å²) in [7, 11) is 0. The maximum Gasteiger partial charge on any atom is 0.224 e. The van der Waals surface area contributed by atoms with Gasteiger partial charge in [0, 0.05) is 31.2 Å². The van der Waals surface area contributed by atoms with E-state index in [2.05, 4.69) is 15.4 Å². The van der Waals surface area contributed by atoms with Crippen LogP contribution in [0.25, 0.3) is 0 Å². The number of carbonyl (C=O) groups excluding carboxylic acids is 1. The third kappa shape index (κ3) is 4.20. The van der Waals surface area contributed by atoms with Gasteiger partial charge >= 0.3 is 0 Å². The van der Waals surface area contributed by atoms with Crippen molar-refractivity contribution in [3.05, 3.63) is 39.4 Å². The van der Waals surface area contributed by atoms with Crippen LogP contribution in [0.15, 0.2) is 21.3 Å². The summed E-state index contributed by atoms with van der Waals surface area (Å²) in [6, 6.07) is 2.30. The van der Waals surface area contributed by atoms with Crippen LogP contribution in [0.4, 0.5) is 0 Å². The maximum absolute atomic E-state index is 12.1. The molecule has 1 N–H and O–H groups in total. The number of aryl methyl sites for hydroxylation is 2. The molecule has 124 valence electrons. The number of piperidine rings is 1. The van der Waals surface area contributed by atoms with Crippen molar-refractivity contribution in [2.45, 2.75) is 45.7 Å². The summed E-state index contributed by atoms with van der Waals surface area (Å²) < 4.78 is 5.23. The largest absolute Gasteiger partial charge is 0.361 e. The first-order valence-corrected chi connectivity index (χ1v) is 9.00. The van der Waals surface area contributed by atoms with Gasteiger partial charge in [0.15, 0.2) is 0 Å².